The SMILES string of the molecule is Cc1cc(CN)nnc1OCC(F)(F)F.Cl. The summed E-state index contributed by atoms with van der Waals surface area (Å²) in [4.78, 5) is 0. The van der Waals surface area contributed by atoms with Crippen molar-refractivity contribution in [2.45, 2.75) is 19.6 Å². The summed E-state index contributed by atoms with van der Waals surface area (Å²) in [5.41, 5.74) is 6.28. The Balaban J connectivity index is 0.00000225. The van der Waals surface area contributed by atoms with Crippen LogP contribution in [0.1, 0.15) is 11.3 Å². The first-order chi connectivity index (χ1) is 6.92. The Bertz CT molecular complexity index is 346. The Labute approximate surface area is 96.4 Å². The summed E-state index contributed by atoms with van der Waals surface area (Å²) in [6.07, 6.45) is -4.37. The molecular formula is C8H11ClF3N3O. The number of hydrogen-bond acceptors (Lipinski definition) is 4. The van der Waals surface area contributed by atoms with Crippen LogP contribution in [-0.2, 0) is 6.54 Å². The summed E-state index contributed by atoms with van der Waals surface area (Å²) in [5.74, 6) is -0.121. The second-order valence-electron chi connectivity index (χ2n) is 2.93. The zero-order valence-corrected chi connectivity index (χ0v) is 9.23. The molecule has 1 heterocycles. The standard InChI is InChI=1S/C8H10F3N3O.ClH/c1-5-2-6(3-12)13-14-7(5)15-4-8(9,10)11;/h2H,3-4,12H2,1H3;1H. The number of hydrogen-bond donors (Lipinski definition) is 1. The molecule has 2 N–H and O–H groups in total. The smallest absolute Gasteiger partial charge is 0.422 e. The van der Waals surface area contributed by atoms with Gasteiger partial charge in [-0.05, 0) is 13.0 Å². The highest BCUT2D eigenvalue weighted by Gasteiger charge is 2.29. The van der Waals surface area contributed by atoms with Crippen molar-refractivity contribution in [1.82, 2.24) is 10.2 Å². The van der Waals surface area contributed by atoms with Crippen LogP contribution in [0.15, 0.2) is 6.07 Å². The van der Waals surface area contributed by atoms with Gasteiger partial charge in [-0.25, -0.2) is 0 Å². The van der Waals surface area contributed by atoms with Gasteiger partial charge in [0.25, 0.3) is 0 Å². The lowest BCUT2D eigenvalue weighted by Gasteiger charge is -2.09. The summed E-state index contributed by atoms with van der Waals surface area (Å²) < 4.78 is 39.9. The Hall–Kier alpha value is -1.08. The molecule has 0 aliphatic rings. The molecule has 1 rings (SSSR count). The lowest BCUT2D eigenvalue weighted by Crippen LogP contribution is -2.20. The molecule has 0 aliphatic carbocycles. The molecule has 0 fully saturated rings. The molecule has 0 radical (unpaired) electrons. The second-order valence-corrected chi connectivity index (χ2v) is 2.93. The summed E-state index contributed by atoms with van der Waals surface area (Å²) in [6.45, 7) is 0.400. The van der Waals surface area contributed by atoms with Crippen LogP contribution in [0.2, 0.25) is 0 Å². The van der Waals surface area contributed by atoms with Gasteiger partial charge < -0.3 is 10.5 Å². The molecule has 0 saturated heterocycles. The Morgan fingerprint density at radius 3 is 2.44 bits per heavy atom. The molecule has 8 heteroatoms. The van der Waals surface area contributed by atoms with Crippen molar-refractivity contribution < 1.29 is 17.9 Å². The molecule has 0 spiro atoms. The molecule has 16 heavy (non-hydrogen) atoms. The number of ether oxygens (including phenoxy) is 1. The molecular weight excluding hydrogens is 247 g/mol. The normalized spacial score (nSPS) is 10.8. The van der Waals surface area contributed by atoms with E-state index in [1.165, 1.54) is 0 Å². The molecule has 0 atom stereocenters. The van der Waals surface area contributed by atoms with Gasteiger partial charge in [-0.2, -0.15) is 18.3 Å². The number of halogens is 4. The van der Waals surface area contributed by atoms with Crippen molar-refractivity contribution in [2.75, 3.05) is 6.61 Å². The van der Waals surface area contributed by atoms with Crippen molar-refractivity contribution >= 4 is 12.4 Å². The van der Waals surface area contributed by atoms with Crippen LogP contribution in [0.25, 0.3) is 0 Å². The van der Waals surface area contributed by atoms with Crippen LogP contribution in [-0.4, -0.2) is 23.0 Å². The van der Waals surface area contributed by atoms with Crippen molar-refractivity contribution in [2.24, 2.45) is 5.73 Å². The summed E-state index contributed by atoms with van der Waals surface area (Å²) in [5, 5.41) is 7.09. The van der Waals surface area contributed by atoms with E-state index in [-0.39, 0.29) is 24.8 Å². The Kier molecular flexibility index (Phi) is 5.46. The van der Waals surface area contributed by atoms with Gasteiger partial charge in [-0.15, -0.1) is 17.5 Å². The number of rotatable bonds is 3. The summed E-state index contributed by atoms with van der Waals surface area (Å²) in [6, 6.07) is 1.54. The van der Waals surface area contributed by atoms with Crippen molar-refractivity contribution in [3.05, 3.63) is 17.3 Å². The zero-order valence-electron chi connectivity index (χ0n) is 8.41. The molecule has 0 bridgehead atoms. The van der Waals surface area contributed by atoms with E-state index in [9.17, 15) is 13.2 Å². The van der Waals surface area contributed by atoms with Gasteiger partial charge in [-0.3, -0.25) is 0 Å². The van der Waals surface area contributed by atoms with Crippen LogP contribution in [0.5, 0.6) is 5.88 Å². The van der Waals surface area contributed by atoms with E-state index < -0.39 is 12.8 Å². The van der Waals surface area contributed by atoms with Gasteiger partial charge in [0.05, 0.1) is 5.69 Å². The highest BCUT2D eigenvalue weighted by molar-refractivity contribution is 5.85. The van der Waals surface area contributed by atoms with E-state index in [0.29, 0.717) is 11.3 Å². The molecule has 92 valence electrons. The maximum Gasteiger partial charge on any atom is 0.422 e. The average molecular weight is 258 g/mol. The molecule has 0 aliphatic heterocycles. The van der Waals surface area contributed by atoms with E-state index in [2.05, 4.69) is 14.9 Å². The minimum atomic E-state index is -4.37. The van der Waals surface area contributed by atoms with Gasteiger partial charge in [0.1, 0.15) is 0 Å². The van der Waals surface area contributed by atoms with Gasteiger partial charge in [0, 0.05) is 12.1 Å². The first kappa shape index (κ1) is 14.9. The Morgan fingerprint density at radius 2 is 2.00 bits per heavy atom. The number of alkyl halides is 3. The third kappa shape index (κ3) is 4.63. The predicted molar refractivity (Wildman–Crippen MR) is 53.5 cm³/mol. The molecule has 0 aromatic carbocycles. The third-order valence-corrected chi connectivity index (χ3v) is 1.57. The number of nitrogens with two attached hydrogens (primary N) is 1. The average Bonchev–Trinajstić information content (AvgIpc) is 2.14. The van der Waals surface area contributed by atoms with Crippen molar-refractivity contribution in [3.8, 4) is 5.88 Å². The first-order valence-electron chi connectivity index (χ1n) is 4.15. The van der Waals surface area contributed by atoms with Gasteiger partial charge in [-0.1, -0.05) is 0 Å². The second kappa shape index (κ2) is 5.86. The van der Waals surface area contributed by atoms with E-state index in [4.69, 9.17) is 5.73 Å². The lowest BCUT2D eigenvalue weighted by molar-refractivity contribution is -0.154. The number of aryl methyl sites for hydroxylation is 1. The van der Waals surface area contributed by atoms with Gasteiger partial charge >= 0.3 is 6.18 Å². The van der Waals surface area contributed by atoms with Crippen LogP contribution >= 0.6 is 12.4 Å². The maximum absolute atomic E-state index is 11.8. The number of aromatic nitrogens is 2. The van der Waals surface area contributed by atoms with E-state index in [1.54, 1.807) is 13.0 Å². The van der Waals surface area contributed by atoms with Crippen LogP contribution in [0.3, 0.4) is 0 Å². The fourth-order valence-corrected chi connectivity index (χ4v) is 0.922. The molecule has 0 saturated carbocycles. The van der Waals surface area contributed by atoms with Gasteiger partial charge in [0.15, 0.2) is 6.61 Å². The van der Waals surface area contributed by atoms with Crippen molar-refractivity contribution in [1.29, 1.82) is 0 Å². The van der Waals surface area contributed by atoms with Crippen LogP contribution < -0.4 is 10.5 Å². The monoisotopic (exact) mass is 257 g/mol. The van der Waals surface area contributed by atoms with Gasteiger partial charge in [0.2, 0.25) is 5.88 Å². The molecule has 1 aromatic rings. The van der Waals surface area contributed by atoms with E-state index >= 15 is 0 Å². The Morgan fingerprint density at radius 1 is 1.38 bits per heavy atom. The lowest BCUT2D eigenvalue weighted by atomic mass is 10.3. The van der Waals surface area contributed by atoms with Crippen molar-refractivity contribution in [3.63, 3.8) is 0 Å². The first-order valence-corrected chi connectivity index (χ1v) is 4.15. The highest BCUT2D eigenvalue weighted by Crippen LogP contribution is 2.19. The fourth-order valence-electron chi connectivity index (χ4n) is 0.922. The fraction of sp³-hybridized carbons (Fsp3) is 0.500. The number of nitrogens with zero attached hydrogens (tertiary/aromatic N) is 2. The zero-order chi connectivity index (χ0) is 11.5. The summed E-state index contributed by atoms with van der Waals surface area (Å²) in [7, 11) is 0. The van der Waals surface area contributed by atoms with Crippen LogP contribution in [0, 0.1) is 6.92 Å². The van der Waals surface area contributed by atoms with E-state index in [0.717, 1.165) is 0 Å². The molecule has 0 unspecified atom stereocenters. The minimum Gasteiger partial charge on any atom is -0.467 e. The quantitative estimate of drug-likeness (QED) is 0.894. The third-order valence-electron chi connectivity index (χ3n) is 1.57. The highest BCUT2D eigenvalue weighted by atomic mass is 35.5. The largest absolute Gasteiger partial charge is 0.467 e. The van der Waals surface area contributed by atoms with E-state index in [1.807, 2.05) is 0 Å². The molecule has 1 aromatic heterocycles. The predicted octanol–water partition coefficient (Wildman–Crippen LogP) is 1.61. The summed E-state index contributed by atoms with van der Waals surface area (Å²) >= 11 is 0. The van der Waals surface area contributed by atoms with Crippen LogP contribution in [0.4, 0.5) is 13.2 Å². The topological polar surface area (TPSA) is 61.0 Å². The minimum absolute atomic E-state index is 0. The maximum atomic E-state index is 11.8. The molecule has 4 nitrogen and oxygen atoms in total. The molecule has 0 amide bonds.